The first-order chi connectivity index (χ1) is 14.4. The minimum atomic E-state index is -0.192. The molecule has 1 aliphatic rings. The molecular weight excluding hydrogens is 400 g/mol. The second kappa shape index (κ2) is 8.39. The van der Waals surface area contributed by atoms with E-state index < -0.39 is 0 Å². The Morgan fingerprint density at radius 2 is 2.07 bits per heavy atom. The molecule has 0 atom stereocenters. The van der Waals surface area contributed by atoms with Crippen LogP contribution < -0.4 is 15.8 Å². The fourth-order valence-electron chi connectivity index (χ4n) is 3.71. The maximum absolute atomic E-state index is 12.7. The molecule has 0 unspecified atom stereocenters. The molecule has 0 spiro atoms. The van der Waals surface area contributed by atoms with E-state index in [4.69, 9.17) is 0 Å². The number of piperidine rings is 1. The quantitative estimate of drug-likeness (QED) is 0.678. The molecule has 1 aromatic carbocycles. The number of carbonyl (C=O) groups is 2. The summed E-state index contributed by atoms with van der Waals surface area (Å²) in [4.78, 5) is 45.3. The van der Waals surface area contributed by atoms with Crippen molar-refractivity contribution in [2.24, 2.45) is 0 Å². The summed E-state index contributed by atoms with van der Waals surface area (Å²) in [5.74, 6) is -0.0757. The largest absolute Gasteiger partial charge is 0.326 e. The lowest BCUT2D eigenvalue weighted by Crippen LogP contribution is -2.35. The van der Waals surface area contributed by atoms with Crippen LogP contribution in [0.25, 0.3) is 10.2 Å². The van der Waals surface area contributed by atoms with Crippen molar-refractivity contribution in [3.8, 4) is 0 Å². The van der Waals surface area contributed by atoms with Crippen molar-refractivity contribution in [2.45, 2.75) is 46.1 Å². The van der Waals surface area contributed by atoms with Gasteiger partial charge in [-0.25, -0.2) is 4.98 Å². The molecule has 0 radical (unpaired) electrons. The van der Waals surface area contributed by atoms with E-state index >= 15 is 0 Å². The average molecular weight is 425 g/mol. The normalized spacial score (nSPS) is 14.3. The van der Waals surface area contributed by atoms with Gasteiger partial charge in [0.25, 0.3) is 5.56 Å². The number of rotatable bonds is 5. The highest BCUT2D eigenvalue weighted by Crippen LogP contribution is 2.26. The second-order valence-electron chi connectivity index (χ2n) is 7.56. The van der Waals surface area contributed by atoms with Crippen molar-refractivity contribution in [2.75, 3.05) is 16.8 Å². The minimum absolute atomic E-state index is 0.111. The number of nitrogens with one attached hydrogen (secondary N) is 1. The Labute approximate surface area is 178 Å². The molecule has 1 aliphatic heterocycles. The fraction of sp³-hybridized carbons (Fsp3) is 0.364. The molecule has 1 saturated heterocycles. The summed E-state index contributed by atoms with van der Waals surface area (Å²) in [5.41, 5.74) is 2.28. The molecule has 0 bridgehead atoms. The molecule has 3 aromatic rings. The van der Waals surface area contributed by atoms with Crippen LogP contribution in [0.5, 0.6) is 0 Å². The second-order valence-corrected chi connectivity index (χ2v) is 8.76. The molecule has 4 rings (SSSR count). The molecule has 0 aliphatic carbocycles. The summed E-state index contributed by atoms with van der Waals surface area (Å²) in [6, 6.07) is 7.33. The van der Waals surface area contributed by atoms with Gasteiger partial charge in [-0.1, -0.05) is 6.07 Å². The van der Waals surface area contributed by atoms with Crippen LogP contribution >= 0.6 is 11.3 Å². The van der Waals surface area contributed by atoms with Gasteiger partial charge < -0.3 is 10.2 Å². The summed E-state index contributed by atoms with van der Waals surface area (Å²) in [5, 5.41) is 3.51. The number of anilines is 2. The van der Waals surface area contributed by atoms with Crippen LogP contribution in [0.4, 0.5) is 11.4 Å². The maximum atomic E-state index is 12.7. The number of amides is 2. The van der Waals surface area contributed by atoms with Gasteiger partial charge in [-0.15, -0.1) is 11.3 Å². The first kappa shape index (κ1) is 20.3. The van der Waals surface area contributed by atoms with Gasteiger partial charge in [0.05, 0.1) is 11.7 Å². The van der Waals surface area contributed by atoms with Gasteiger partial charge in [-0.05, 0) is 50.5 Å². The van der Waals surface area contributed by atoms with Gasteiger partial charge >= 0.3 is 0 Å². The van der Waals surface area contributed by atoms with E-state index in [1.54, 1.807) is 11.0 Å². The van der Waals surface area contributed by atoms with Crippen LogP contribution in [0, 0.1) is 13.8 Å². The van der Waals surface area contributed by atoms with Crippen LogP contribution in [-0.2, 0) is 16.1 Å². The van der Waals surface area contributed by atoms with Gasteiger partial charge in [0.1, 0.15) is 4.83 Å². The molecule has 2 aromatic heterocycles. The van der Waals surface area contributed by atoms with Gasteiger partial charge in [0.15, 0.2) is 0 Å². The van der Waals surface area contributed by atoms with Crippen molar-refractivity contribution in [1.29, 1.82) is 0 Å². The molecule has 30 heavy (non-hydrogen) atoms. The van der Waals surface area contributed by atoms with Gasteiger partial charge in [-0.3, -0.25) is 19.0 Å². The molecule has 7 nitrogen and oxygen atoms in total. The van der Waals surface area contributed by atoms with Crippen LogP contribution in [-0.4, -0.2) is 27.9 Å². The van der Waals surface area contributed by atoms with Crippen LogP contribution in [0.2, 0.25) is 0 Å². The molecule has 1 N–H and O–H groups in total. The Hall–Kier alpha value is -3.00. The summed E-state index contributed by atoms with van der Waals surface area (Å²) in [7, 11) is 0. The molecular formula is C22H24N4O3S. The number of thiophene rings is 1. The number of benzene rings is 1. The van der Waals surface area contributed by atoms with Crippen molar-refractivity contribution in [3.05, 3.63) is 51.4 Å². The first-order valence-corrected chi connectivity index (χ1v) is 10.9. The van der Waals surface area contributed by atoms with Crippen LogP contribution in [0.15, 0.2) is 35.4 Å². The summed E-state index contributed by atoms with van der Waals surface area (Å²) < 4.78 is 1.49. The lowest BCUT2D eigenvalue weighted by atomic mass is 10.1. The Morgan fingerprint density at radius 1 is 1.23 bits per heavy atom. The summed E-state index contributed by atoms with van der Waals surface area (Å²) >= 11 is 1.51. The molecule has 2 amide bonds. The maximum Gasteiger partial charge on any atom is 0.262 e. The summed E-state index contributed by atoms with van der Waals surface area (Å²) in [6.07, 6.45) is 4.14. The number of aromatic nitrogens is 2. The highest BCUT2D eigenvalue weighted by molar-refractivity contribution is 7.18. The van der Waals surface area contributed by atoms with E-state index in [1.165, 1.54) is 22.2 Å². The van der Waals surface area contributed by atoms with Gasteiger partial charge in [0, 0.05) is 42.2 Å². The van der Waals surface area contributed by atoms with E-state index in [9.17, 15) is 14.4 Å². The van der Waals surface area contributed by atoms with Gasteiger partial charge in [0.2, 0.25) is 11.8 Å². The van der Waals surface area contributed by atoms with Crippen molar-refractivity contribution in [3.63, 3.8) is 0 Å². The van der Waals surface area contributed by atoms with E-state index in [1.807, 2.05) is 32.0 Å². The highest BCUT2D eigenvalue weighted by Gasteiger charge is 2.20. The average Bonchev–Trinajstić information content (AvgIpc) is 3.02. The number of carbonyl (C=O) groups excluding carboxylic acids is 2. The Bertz CT molecular complexity index is 1180. The number of hydrogen-bond acceptors (Lipinski definition) is 5. The SMILES string of the molecule is Cc1sc2ncn(CCC(=O)Nc3cccc(N4CCCCC4=O)c3)c(=O)c2c1C. The number of nitrogens with zero attached hydrogens (tertiary/aromatic N) is 3. The number of fused-ring (bicyclic) bond motifs is 1. The highest BCUT2D eigenvalue weighted by atomic mass is 32.1. The topological polar surface area (TPSA) is 84.3 Å². The Morgan fingerprint density at radius 3 is 2.87 bits per heavy atom. The van der Waals surface area contributed by atoms with E-state index in [-0.39, 0.29) is 30.3 Å². The molecule has 3 heterocycles. The van der Waals surface area contributed by atoms with Crippen molar-refractivity contribution < 1.29 is 9.59 Å². The third kappa shape index (κ3) is 4.00. The van der Waals surface area contributed by atoms with E-state index in [0.29, 0.717) is 24.0 Å². The van der Waals surface area contributed by atoms with Crippen LogP contribution in [0.1, 0.15) is 36.1 Å². The predicted molar refractivity (Wildman–Crippen MR) is 119 cm³/mol. The number of hydrogen-bond donors (Lipinski definition) is 1. The lowest BCUT2D eigenvalue weighted by molar-refractivity contribution is -0.119. The van der Waals surface area contributed by atoms with Crippen molar-refractivity contribution in [1.82, 2.24) is 9.55 Å². The molecule has 8 heteroatoms. The lowest BCUT2D eigenvalue weighted by Gasteiger charge is -2.27. The zero-order chi connectivity index (χ0) is 21.3. The Kier molecular flexibility index (Phi) is 5.67. The summed E-state index contributed by atoms with van der Waals surface area (Å²) in [6.45, 7) is 4.86. The third-order valence-electron chi connectivity index (χ3n) is 5.50. The first-order valence-electron chi connectivity index (χ1n) is 10.1. The third-order valence-corrected chi connectivity index (χ3v) is 6.62. The molecule has 0 saturated carbocycles. The smallest absolute Gasteiger partial charge is 0.262 e. The zero-order valence-corrected chi connectivity index (χ0v) is 17.9. The Balaban J connectivity index is 1.43. The van der Waals surface area contributed by atoms with Crippen LogP contribution in [0.3, 0.4) is 0 Å². The minimum Gasteiger partial charge on any atom is -0.326 e. The molecule has 1 fully saturated rings. The van der Waals surface area contributed by atoms with E-state index in [0.717, 1.165) is 33.8 Å². The van der Waals surface area contributed by atoms with E-state index in [2.05, 4.69) is 10.3 Å². The van der Waals surface area contributed by atoms with Gasteiger partial charge in [-0.2, -0.15) is 0 Å². The fourth-order valence-corrected chi connectivity index (χ4v) is 4.69. The predicted octanol–water partition coefficient (Wildman–Crippen LogP) is 3.62. The zero-order valence-electron chi connectivity index (χ0n) is 17.1. The molecule has 156 valence electrons. The monoisotopic (exact) mass is 424 g/mol. The van der Waals surface area contributed by atoms with Crippen molar-refractivity contribution >= 4 is 44.7 Å². The standard InChI is InChI=1S/C22H24N4O3S/c1-14-15(2)30-21-20(14)22(29)25(13-23-21)11-9-18(27)24-16-6-5-7-17(12-16)26-10-4-3-8-19(26)28/h5-7,12-13H,3-4,8-11H2,1-2H3,(H,24,27). The number of aryl methyl sites for hydroxylation is 3.